The zero-order chi connectivity index (χ0) is 17.1. The summed E-state index contributed by atoms with van der Waals surface area (Å²) in [6.45, 7) is 0. The lowest BCUT2D eigenvalue weighted by Crippen LogP contribution is -2.12. The van der Waals surface area contributed by atoms with Crippen molar-refractivity contribution in [2.75, 3.05) is 5.32 Å². The van der Waals surface area contributed by atoms with E-state index in [4.69, 9.17) is 0 Å². The number of carbonyl (C=O) groups excluding carboxylic acids is 1. The van der Waals surface area contributed by atoms with Crippen LogP contribution < -0.4 is 5.32 Å². The Bertz CT molecular complexity index is 870. The monoisotopic (exact) mass is 333 g/mol. The number of hydrogen-bond donors (Lipinski definition) is 2. The van der Waals surface area contributed by atoms with Gasteiger partial charge < -0.3 is 5.32 Å². The van der Waals surface area contributed by atoms with Crippen molar-refractivity contribution in [2.24, 2.45) is 0 Å². The molecule has 126 valence electrons. The molecular formula is C19H19N5O. The first kappa shape index (κ1) is 15.5. The van der Waals surface area contributed by atoms with Crippen LogP contribution >= 0.6 is 0 Å². The van der Waals surface area contributed by atoms with E-state index in [2.05, 4.69) is 25.5 Å². The summed E-state index contributed by atoms with van der Waals surface area (Å²) >= 11 is 0. The number of benzene rings is 1. The van der Waals surface area contributed by atoms with Crippen molar-refractivity contribution < 1.29 is 4.79 Å². The highest BCUT2D eigenvalue weighted by Gasteiger charge is 2.27. The first-order valence-electron chi connectivity index (χ1n) is 8.50. The van der Waals surface area contributed by atoms with Gasteiger partial charge in [-0.3, -0.25) is 14.9 Å². The number of nitrogens with zero attached hydrogens (tertiary/aromatic N) is 3. The fraction of sp³-hybridized carbons (Fsp3) is 0.263. The van der Waals surface area contributed by atoms with Crippen molar-refractivity contribution in [3.05, 3.63) is 60.2 Å². The number of H-pyrrole nitrogens is 1. The topological polar surface area (TPSA) is 83.6 Å². The normalized spacial score (nSPS) is 13.6. The zero-order valence-corrected chi connectivity index (χ0v) is 13.8. The van der Waals surface area contributed by atoms with Crippen LogP contribution in [0.1, 0.15) is 36.7 Å². The second-order valence-corrected chi connectivity index (χ2v) is 6.27. The molecule has 1 amide bonds. The predicted molar refractivity (Wildman–Crippen MR) is 95.0 cm³/mol. The van der Waals surface area contributed by atoms with Crippen molar-refractivity contribution in [3.63, 3.8) is 0 Å². The summed E-state index contributed by atoms with van der Waals surface area (Å²) in [5, 5.41) is 10.2. The highest BCUT2D eigenvalue weighted by atomic mass is 16.1. The Balaban J connectivity index is 1.39. The van der Waals surface area contributed by atoms with E-state index in [0.29, 0.717) is 24.6 Å². The van der Waals surface area contributed by atoms with Crippen LogP contribution in [0.5, 0.6) is 0 Å². The minimum Gasteiger partial charge on any atom is -0.326 e. The smallest absolute Gasteiger partial charge is 0.224 e. The Morgan fingerprint density at radius 2 is 2.12 bits per heavy atom. The van der Waals surface area contributed by atoms with Crippen LogP contribution in [0.4, 0.5) is 5.69 Å². The van der Waals surface area contributed by atoms with Crippen LogP contribution in [0.3, 0.4) is 0 Å². The van der Waals surface area contributed by atoms with Gasteiger partial charge in [-0.25, -0.2) is 4.98 Å². The van der Waals surface area contributed by atoms with Crippen LogP contribution in [0.2, 0.25) is 0 Å². The molecule has 2 aromatic heterocycles. The molecule has 2 N–H and O–H groups in total. The Kier molecular flexibility index (Phi) is 4.24. The number of anilines is 1. The van der Waals surface area contributed by atoms with Gasteiger partial charge in [0.2, 0.25) is 5.91 Å². The highest BCUT2D eigenvalue weighted by Crippen LogP contribution is 2.38. The van der Waals surface area contributed by atoms with Gasteiger partial charge in [-0.15, -0.1) is 0 Å². The molecule has 1 aliphatic rings. The molecule has 1 aliphatic carbocycles. The van der Waals surface area contributed by atoms with E-state index in [0.717, 1.165) is 22.8 Å². The third-order valence-corrected chi connectivity index (χ3v) is 4.21. The van der Waals surface area contributed by atoms with Gasteiger partial charge in [0.15, 0.2) is 5.82 Å². The molecule has 3 aromatic rings. The number of pyridine rings is 1. The predicted octanol–water partition coefficient (Wildman–Crippen LogP) is 3.32. The van der Waals surface area contributed by atoms with Gasteiger partial charge in [0, 0.05) is 35.5 Å². The third kappa shape index (κ3) is 3.91. The molecule has 4 rings (SSSR count). The van der Waals surface area contributed by atoms with Crippen molar-refractivity contribution >= 4 is 11.6 Å². The molecule has 0 atom stereocenters. The molecule has 6 heteroatoms. The summed E-state index contributed by atoms with van der Waals surface area (Å²) in [5.41, 5.74) is 2.56. The number of amides is 1. The second-order valence-electron chi connectivity index (χ2n) is 6.27. The minimum absolute atomic E-state index is 0.0311. The Hall–Kier alpha value is -3.02. The number of aryl methyl sites for hydroxylation is 1. The fourth-order valence-electron chi connectivity index (χ4n) is 2.69. The van der Waals surface area contributed by atoms with Crippen molar-refractivity contribution in [1.82, 2.24) is 20.2 Å². The van der Waals surface area contributed by atoms with Gasteiger partial charge in [0.1, 0.15) is 5.82 Å². The second kappa shape index (κ2) is 6.84. The Labute approximate surface area is 145 Å². The molecule has 0 saturated heterocycles. The molecule has 6 nitrogen and oxygen atoms in total. The van der Waals surface area contributed by atoms with Crippen LogP contribution in [0, 0.1) is 0 Å². The van der Waals surface area contributed by atoms with Crippen molar-refractivity contribution in [1.29, 1.82) is 0 Å². The molecular weight excluding hydrogens is 314 g/mol. The van der Waals surface area contributed by atoms with Gasteiger partial charge in [-0.1, -0.05) is 18.2 Å². The number of aromatic nitrogens is 4. The van der Waals surface area contributed by atoms with E-state index in [-0.39, 0.29) is 5.91 Å². The number of aromatic amines is 1. The van der Waals surface area contributed by atoms with E-state index in [1.807, 2.05) is 42.5 Å². The van der Waals surface area contributed by atoms with Gasteiger partial charge in [-0.2, -0.15) is 5.10 Å². The molecule has 1 saturated carbocycles. The minimum atomic E-state index is -0.0311. The summed E-state index contributed by atoms with van der Waals surface area (Å²) in [7, 11) is 0. The van der Waals surface area contributed by atoms with Gasteiger partial charge in [0.05, 0.1) is 0 Å². The van der Waals surface area contributed by atoms with E-state index < -0.39 is 0 Å². The molecule has 0 bridgehead atoms. The summed E-state index contributed by atoms with van der Waals surface area (Å²) in [5.74, 6) is 2.14. The van der Waals surface area contributed by atoms with Crippen LogP contribution in [-0.4, -0.2) is 26.1 Å². The van der Waals surface area contributed by atoms with E-state index in [1.54, 1.807) is 6.20 Å². The quantitative estimate of drug-likeness (QED) is 0.725. The number of rotatable bonds is 6. The summed E-state index contributed by atoms with van der Waals surface area (Å²) in [4.78, 5) is 20.9. The largest absolute Gasteiger partial charge is 0.326 e. The maximum Gasteiger partial charge on any atom is 0.224 e. The molecule has 2 heterocycles. The number of hydrogen-bond acceptors (Lipinski definition) is 4. The lowest BCUT2D eigenvalue weighted by molar-refractivity contribution is -0.116. The average Bonchev–Trinajstić information content (AvgIpc) is 3.38. The average molecular weight is 333 g/mol. The molecule has 0 unspecified atom stereocenters. The molecule has 1 aromatic carbocycles. The van der Waals surface area contributed by atoms with Gasteiger partial charge >= 0.3 is 0 Å². The van der Waals surface area contributed by atoms with E-state index in [9.17, 15) is 4.79 Å². The standard InChI is InChI=1S/C19H19N5O/c25-17(10-9-15-5-1-2-11-20-15)21-16-6-3-4-14(12-16)19-22-18(23-24-19)13-7-8-13/h1-6,11-13H,7-10H2,(H,21,25)(H,22,23,24). The Morgan fingerprint density at radius 3 is 2.92 bits per heavy atom. The number of nitrogens with one attached hydrogen (secondary N) is 2. The van der Waals surface area contributed by atoms with Crippen LogP contribution in [0.15, 0.2) is 48.7 Å². The summed E-state index contributed by atoms with van der Waals surface area (Å²) in [6, 6.07) is 13.3. The SMILES string of the molecule is O=C(CCc1ccccn1)Nc1cccc(-c2n[nH]c(C3CC3)n2)c1. The molecule has 0 aliphatic heterocycles. The maximum atomic E-state index is 12.2. The van der Waals surface area contributed by atoms with Gasteiger partial charge in [0.25, 0.3) is 0 Å². The first-order chi connectivity index (χ1) is 12.3. The lowest BCUT2D eigenvalue weighted by atomic mass is 10.1. The van der Waals surface area contributed by atoms with Crippen molar-refractivity contribution in [2.45, 2.75) is 31.6 Å². The Morgan fingerprint density at radius 1 is 1.20 bits per heavy atom. The van der Waals surface area contributed by atoms with Crippen LogP contribution in [0.25, 0.3) is 11.4 Å². The fourth-order valence-corrected chi connectivity index (χ4v) is 2.69. The van der Waals surface area contributed by atoms with E-state index >= 15 is 0 Å². The maximum absolute atomic E-state index is 12.2. The first-order valence-corrected chi connectivity index (χ1v) is 8.50. The third-order valence-electron chi connectivity index (χ3n) is 4.21. The molecule has 1 fully saturated rings. The summed E-state index contributed by atoms with van der Waals surface area (Å²) < 4.78 is 0. The lowest BCUT2D eigenvalue weighted by Gasteiger charge is -2.06. The van der Waals surface area contributed by atoms with Crippen LogP contribution in [-0.2, 0) is 11.2 Å². The summed E-state index contributed by atoms with van der Waals surface area (Å²) in [6.07, 6.45) is 5.12. The van der Waals surface area contributed by atoms with Gasteiger partial charge in [-0.05, 0) is 43.5 Å². The number of carbonyl (C=O) groups is 1. The zero-order valence-electron chi connectivity index (χ0n) is 13.8. The molecule has 0 spiro atoms. The highest BCUT2D eigenvalue weighted by molar-refractivity contribution is 5.91. The van der Waals surface area contributed by atoms with Crippen molar-refractivity contribution in [3.8, 4) is 11.4 Å². The molecule has 0 radical (unpaired) electrons. The van der Waals surface area contributed by atoms with E-state index in [1.165, 1.54) is 12.8 Å². The molecule has 25 heavy (non-hydrogen) atoms.